The second-order valence-electron chi connectivity index (χ2n) is 6.51. The second-order valence-corrected chi connectivity index (χ2v) is 8.45. The van der Waals surface area contributed by atoms with Crippen molar-refractivity contribution in [3.05, 3.63) is 18.2 Å². The molecule has 0 radical (unpaired) electrons. The number of rotatable bonds is 7. The molecule has 1 aromatic carbocycles. The molecule has 1 aliphatic heterocycles. The third-order valence-corrected chi connectivity index (χ3v) is 6.71. The van der Waals surface area contributed by atoms with Crippen LogP contribution >= 0.6 is 0 Å². The molecule has 1 N–H and O–H groups in total. The summed E-state index contributed by atoms with van der Waals surface area (Å²) < 4.78 is 37.5. The van der Waals surface area contributed by atoms with Gasteiger partial charge in [-0.1, -0.05) is 6.92 Å². The molecule has 1 aliphatic rings. The molecule has 1 amide bonds. The molecule has 0 bridgehead atoms. The van der Waals surface area contributed by atoms with Gasteiger partial charge >= 0.3 is 0 Å². The summed E-state index contributed by atoms with van der Waals surface area (Å²) in [5.74, 6) is 0.728. The van der Waals surface area contributed by atoms with Crippen molar-refractivity contribution in [1.82, 2.24) is 9.62 Å². The first-order valence-electron chi connectivity index (χ1n) is 8.86. The van der Waals surface area contributed by atoms with E-state index in [9.17, 15) is 13.2 Å². The fraction of sp³-hybridized carbons (Fsp3) is 0.611. The lowest BCUT2D eigenvalue weighted by molar-refractivity contribution is -0.126. The maximum atomic E-state index is 12.9. The van der Waals surface area contributed by atoms with Crippen molar-refractivity contribution in [1.29, 1.82) is 0 Å². The molecule has 1 fully saturated rings. The zero-order chi connectivity index (χ0) is 19.3. The molecule has 1 atom stereocenters. The van der Waals surface area contributed by atoms with E-state index in [4.69, 9.17) is 9.47 Å². The van der Waals surface area contributed by atoms with E-state index < -0.39 is 10.0 Å². The zero-order valence-electron chi connectivity index (χ0n) is 15.8. The Hall–Kier alpha value is -1.80. The van der Waals surface area contributed by atoms with E-state index in [0.29, 0.717) is 37.4 Å². The molecular formula is C18H28N2O5S. The first-order valence-corrected chi connectivity index (χ1v) is 10.3. The van der Waals surface area contributed by atoms with Crippen molar-refractivity contribution in [3.63, 3.8) is 0 Å². The molecular weight excluding hydrogens is 356 g/mol. The molecule has 1 saturated heterocycles. The largest absolute Gasteiger partial charge is 0.493 e. The van der Waals surface area contributed by atoms with Gasteiger partial charge in [-0.3, -0.25) is 4.79 Å². The summed E-state index contributed by atoms with van der Waals surface area (Å²) in [5, 5.41) is 2.97. The lowest BCUT2D eigenvalue weighted by Crippen LogP contribution is -2.44. The highest BCUT2D eigenvalue weighted by atomic mass is 32.2. The number of carbonyl (C=O) groups excluding carboxylic acids is 1. The third kappa shape index (κ3) is 4.48. The lowest BCUT2D eigenvalue weighted by atomic mass is 9.97. The van der Waals surface area contributed by atoms with Crippen LogP contribution in [0.2, 0.25) is 0 Å². The molecule has 1 heterocycles. The summed E-state index contributed by atoms with van der Waals surface area (Å²) in [6.07, 6.45) is 1.92. The monoisotopic (exact) mass is 384 g/mol. The summed E-state index contributed by atoms with van der Waals surface area (Å²) in [6.45, 7) is 4.64. The number of hydrogen-bond donors (Lipinski definition) is 1. The van der Waals surface area contributed by atoms with Crippen molar-refractivity contribution in [2.75, 3.05) is 27.3 Å². The highest BCUT2D eigenvalue weighted by Crippen LogP contribution is 2.32. The van der Waals surface area contributed by atoms with Gasteiger partial charge < -0.3 is 14.8 Å². The third-order valence-electron chi connectivity index (χ3n) is 4.82. The Morgan fingerprint density at radius 2 is 1.85 bits per heavy atom. The van der Waals surface area contributed by atoms with Gasteiger partial charge in [-0.15, -0.1) is 0 Å². The number of sulfonamides is 1. The zero-order valence-corrected chi connectivity index (χ0v) is 16.6. The van der Waals surface area contributed by atoms with Crippen molar-refractivity contribution < 1.29 is 22.7 Å². The number of nitrogens with one attached hydrogen (secondary N) is 1. The maximum absolute atomic E-state index is 12.9. The molecule has 0 saturated carbocycles. The topological polar surface area (TPSA) is 84.9 Å². The van der Waals surface area contributed by atoms with Gasteiger partial charge in [0.2, 0.25) is 15.9 Å². The summed E-state index contributed by atoms with van der Waals surface area (Å²) in [5.41, 5.74) is 0. The highest BCUT2D eigenvalue weighted by molar-refractivity contribution is 7.89. The fourth-order valence-electron chi connectivity index (χ4n) is 2.95. The molecule has 7 nitrogen and oxygen atoms in total. The van der Waals surface area contributed by atoms with Gasteiger partial charge in [-0.05, 0) is 38.3 Å². The number of piperidine rings is 1. The van der Waals surface area contributed by atoms with Crippen LogP contribution in [0.5, 0.6) is 11.5 Å². The van der Waals surface area contributed by atoms with Gasteiger partial charge in [-0.2, -0.15) is 4.31 Å². The number of amides is 1. The van der Waals surface area contributed by atoms with E-state index in [1.165, 1.54) is 30.7 Å². The summed E-state index contributed by atoms with van der Waals surface area (Å²) >= 11 is 0. The van der Waals surface area contributed by atoms with E-state index in [2.05, 4.69) is 5.32 Å². The van der Waals surface area contributed by atoms with Gasteiger partial charge in [0, 0.05) is 31.1 Å². The van der Waals surface area contributed by atoms with E-state index in [-0.39, 0.29) is 22.8 Å². The van der Waals surface area contributed by atoms with Crippen molar-refractivity contribution >= 4 is 15.9 Å². The molecule has 1 aromatic rings. The maximum Gasteiger partial charge on any atom is 0.243 e. The standard InChI is InChI=1S/C18H28N2O5S/c1-5-13(2)19-18(21)14-8-10-20(11-9-14)26(22,23)15-6-7-16(24-3)17(12-15)25-4/h6-7,12-14H,5,8-11H2,1-4H3,(H,19,21)/t13-/m1/s1. The Morgan fingerprint density at radius 1 is 1.23 bits per heavy atom. The number of carbonyl (C=O) groups is 1. The average Bonchev–Trinajstić information content (AvgIpc) is 2.67. The molecule has 26 heavy (non-hydrogen) atoms. The van der Waals surface area contributed by atoms with Gasteiger partial charge in [-0.25, -0.2) is 8.42 Å². The Morgan fingerprint density at radius 3 is 2.38 bits per heavy atom. The molecule has 0 aromatic heterocycles. The van der Waals surface area contributed by atoms with Crippen molar-refractivity contribution in [3.8, 4) is 11.5 Å². The van der Waals surface area contributed by atoms with Crippen LogP contribution in [0, 0.1) is 5.92 Å². The van der Waals surface area contributed by atoms with Crippen LogP contribution in [0.3, 0.4) is 0 Å². The predicted octanol–water partition coefficient (Wildman–Crippen LogP) is 2.02. The number of methoxy groups -OCH3 is 2. The summed E-state index contributed by atoms with van der Waals surface area (Å²) in [6, 6.07) is 4.70. The normalized spacial score (nSPS) is 17.5. The minimum atomic E-state index is -3.63. The highest BCUT2D eigenvalue weighted by Gasteiger charge is 2.32. The SMILES string of the molecule is CC[C@@H](C)NC(=O)C1CCN(S(=O)(=O)c2ccc(OC)c(OC)c2)CC1. The van der Waals surface area contributed by atoms with Crippen LogP contribution in [0.25, 0.3) is 0 Å². The van der Waals surface area contributed by atoms with Crippen LogP contribution < -0.4 is 14.8 Å². The Labute approximate surface area is 155 Å². The smallest absolute Gasteiger partial charge is 0.243 e. The first-order chi connectivity index (χ1) is 12.3. The number of ether oxygens (including phenoxy) is 2. The van der Waals surface area contributed by atoms with E-state index >= 15 is 0 Å². The van der Waals surface area contributed by atoms with Crippen LogP contribution in [0.4, 0.5) is 0 Å². The average molecular weight is 384 g/mol. The van der Waals surface area contributed by atoms with Crippen LogP contribution in [-0.2, 0) is 14.8 Å². The number of hydrogen-bond acceptors (Lipinski definition) is 5. The fourth-order valence-corrected chi connectivity index (χ4v) is 4.43. The van der Waals surface area contributed by atoms with E-state index in [1.54, 1.807) is 6.07 Å². The van der Waals surface area contributed by atoms with Crippen LogP contribution in [0.1, 0.15) is 33.1 Å². The minimum Gasteiger partial charge on any atom is -0.493 e. The van der Waals surface area contributed by atoms with Gasteiger partial charge in [0.1, 0.15) is 0 Å². The Bertz CT molecular complexity index is 727. The van der Waals surface area contributed by atoms with Crippen LogP contribution in [-0.4, -0.2) is 52.0 Å². The molecule has 0 unspecified atom stereocenters. The molecule has 2 rings (SSSR count). The number of nitrogens with zero attached hydrogens (tertiary/aromatic N) is 1. The van der Waals surface area contributed by atoms with Gasteiger partial charge in [0.05, 0.1) is 19.1 Å². The quantitative estimate of drug-likeness (QED) is 0.777. The van der Waals surface area contributed by atoms with Crippen molar-refractivity contribution in [2.24, 2.45) is 5.92 Å². The number of benzene rings is 1. The molecule has 146 valence electrons. The molecule has 0 spiro atoms. The first kappa shape index (κ1) is 20.5. The molecule has 0 aliphatic carbocycles. The Balaban J connectivity index is 2.07. The van der Waals surface area contributed by atoms with Crippen LogP contribution in [0.15, 0.2) is 23.1 Å². The van der Waals surface area contributed by atoms with Gasteiger partial charge in [0.15, 0.2) is 11.5 Å². The minimum absolute atomic E-state index is 0.0162. The van der Waals surface area contributed by atoms with E-state index in [1.807, 2.05) is 13.8 Å². The van der Waals surface area contributed by atoms with Crippen molar-refractivity contribution in [2.45, 2.75) is 44.0 Å². The summed E-state index contributed by atoms with van der Waals surface area (Å²) in [7, 11) is -0.661. The Kier molecular flexibility index (Phi) is 6.88. The predicted molar refractivity (Wildman–Crippen MR) is 98.9 cm³/mol. The van der Waals surface area contributed by atoms with E-state index in [0.717, 1.165) is 6.42 Å². The lowest BCUT2D eigenvalue weighted by Gasteiger charge is -2.31. The van der Waals surface area contributed by atoms with Gasteiger partial charge in [0.25, 0.3) is 0 Å². The second kappa shape index (κ2) is 8.73. The molecule has 8 heteroatoms. The summed E-state index contributed by atoms with van der Waals surface area (Å²) in [4.78, 5) is 12.4.